The van der Waals surface area contributed by atoms with Gasteiger partial charge in [-0.2, -0.15) is 0 Å². The van der Waals surface area contributed by atoms with Gasteiger partial charge in [0.25, 0.3) is 5.91 Å². The third kappa shape index (κ3) is 4.11. The lowest BCUT2D eigenvalue weighted by molar-refractivity contribution is -0.123. The Morgan fingerprint density at radius 3 is 2.17 bits per heavy atom. The van der Waals surface area contributed by atoms with E-state index in [2.05, 4.69) is 18.8 Å². The zero-order valence-corrected chi connectivity index (χ0v) is 8.21. The molecule has 0 heterocycles. The number of carbonyl (C=O) groups excluding carboxylic acids is 1. The number of carbonyl (C=O) groups is 1. The summed E-state index contributed by atoms with van der Waals surface area (Å²) in [4.78, 5) is 16.8. The zero-order valence-electron chi connectivity index (χ0n) is 8.21. The Morgan fingerprint density at radius 1 is 1.33 bits per heavy atom. The monoisotopic (exact) mass is 170 g/mol. The highest BCUT2D eigenvalue weighted by molar-refractivity contribution is 6.26. The maximum atomic E-state index is 11.3. The minimum atomic E-state index is 0.0289. The summed E-state index contributed by atoms with van der Waals surface area (Å²) in [6, 6.07) is 0. The Bertz CT molecular complexity index is 149. The second kappa shape index (κ2) is 6.83. The lowest BCUT2D eigenvalue weighted by Crippen LogP contribution is -2.33. The average molecular weight is 170 g/mol. The van der Waals surface area contributed by atoms with Gasteiger partial charge in [0.05, 0.1) is 6.21 Å². The lowest BCUT2D eigenvalue weighted by Gasteiger charge is -2.18. The first-order chi connectivity index (χ1) is 5.76. The Kier molecular flexibility index (Phi) is 6.34. The van der Waals surface area contributed by atoms with Gasteiger partial charge in [-0.05, 0) is 12.8 Å². The molecule has 3 nitrogen and oxygen atoms in total. The van der Waals surface area contributed by atoms with E-state index in [4.69, 9.17) is 0 Å². The molecule has 0 bridgehead atoms. The van der Waals surface area contributed by atoms with Crippen molar-refractivity contribution in [3.05, 3.63) is 0 Å². The Hall–Kier alpha value is -0.860. The SMILES string of the molecule is CCCN(CCC)C(=O)C=NC. The van der Waals surface area contributed by atoms with Crippen LogP contribution >= 0.6 is 0 Å². The average Bonchev–Trinajstić information content (AvgIpc) is 2.04. The van der Waals surface area contributed by atoms with Crippen LogP contribution in [0.1, 0.15) is 26.7 Å². The predicted octanol–water partition coefficient (Wildman–Crippen LogP) is 1.34. The van der Waals surface area contributed by atoms with Crippen LogP contribution in [0.2, 0.25) is 0 Å². The smallest absolute Gasteiger partial charge is 0.264 e. The standard InChI is InChI=1S/C9H18N2O/c1-4-6-11(7-5-2)9(12)8-10-3/h8H,4-7H2,1-3H3. The van der Waals surface area contributed by atoms with Crippen LogP contribution in [0.3, 0.4) is 0 Å². The van der Waals surface area contributed by atoms with Gasteiger partial charge in [0, 0.05) is 20.1 Å². The molecule has 0 saturated heterocycles. The summed E-state index contributed by atoms with van der Waals surface area (Å²) in [6.07, 6.45) is 3.39. The van der Waals surface area contributed by atoms with Crippen LogP contribution in [0.15, 0.2) is 4.99 Å². The van der Waals surface area contributed by atoms with Crippen molar-refractivity contribution >= 4 is 12.1 Å². The largest absolute Gasteiger partial charge is 0.338 e. The third-order valence-corrected chi connectivity index (χ3v) is 1.54. The molecule has 0 unspecified atom stereocenters. The summed E-state index contributed by atoms with van der Waals surface area (Å²) in [7, 11) is 1.62. The first kappa shape index (κ1) is 11.1. The topological polar surface area (TPSA) is 32.7 Å². The summed E-state index contributed by atoms with van der Waals surface area (Å²) in [5, 5.41) is 0. The van der Waals surface area contributed by atoms with Crippen LogP contribution in [0.4, 0.5) is 0 Å². The van der Waals surface area contributed by atoms with Crippen LogP contribution in [-0.4, -0.2) is 37.2 Å². The normalized spacial score (nSPS) is 10.6. The van der Waals surface area contributed by atoms with Crippen molar-refractivity contribution < 1.29 is 4.79 Å². The molecule has 1 amide bonds. The Labute approximate surface area is 74.5 Å². The minimum absolute atomic E-state index is 0.0289. The zero-order chi connectivity index (χ0) is 9.40. The Balaban J connectivity index is 3.98. The van der Waals surface area contributed by atoms with Crippen molar-refractivity contribution in [1.29, 1.82) is 0 Å². The van der Waals surface area contributed by atoms with E-state index < -0.39 is 0 Å². The van der Waals surface area contributed by atoms with Gasteiger partial charge in [-0.25, -0.2) is 0 Å². The van der Waals surface area contributed by atoms with Gasteiger partial charge in [0.2, 0.25) is 0 Å². The molecule has 0 spiro atoms. The summed E-state index contributed by atoms with van der Waals surface area (Å²) < 4.78 is 0. The molecule has 0 aromatic heterocycles. The molecule has 70 valence electrons. The highest BCUT2D eigenvalue weighted by Crippen LogP contribution is 1.93. The summed E-state index contributed by atoms with van der Waals surface area (Å²) in [5.41, 5.74) is 0. The highest BCUT2D eigenvalue weighted by Gasteiger charge is 2.07. The van der Waals surface area contributed by atoms with Crippen LogP contribution < -0.4 is 0 Å². The summed E-state index contributed by atoms with van der Waals surface area (Å²) in [5.74, 6) is 0.0289. The molecule has 0 radical (unpaired) electrons. The van der Waals surface area contributed by atoms with Crippen molar-refractivity contribution in [3.8, 4) is 0 Å². The molecule has 0 saturated carbocycles. The highest BCUT2D eigenvalue weighted by atomic mass is 16.2. The number of hydrogen-bond acceptors (Lipinski definition) is 2. The van der Waals surface area contributed by atoms with Gasteiger partial charge in [0.15, 0.2) is 0 Å². The maximum absolute atomic E-state index is 11.3. The van der Waals surface area contributed by atoms with Crippen molar-refractivity contribution in [2.75, 3.05) is 20.1 Å². The van der Waals surface area contributed by atoms with Crippen LogP contribution in [-0.2, 0) is 4.79 Å². The van der Waals surface area contributed by atoms with Crippen LogP contribution in [0, 0.1) is 0 Å². The van der Waals surface area contributed by atoms with Gasteiger partial charge in [-0.1, -0.05) is 13.8 Å². The predicted molar refractivity (Wildman–Crippen MR) is 51.6 cm³/mol. The maximum Gasteiger partial charge on any atom is 0.264 e. The van der Waals surface area contributed by atoms with Gasteiger partial charge in [-0.3, -0.25) is 9.79 Å². The van der Waals surface area contributed by atoms with E-state index in [1.54, 1.807) is 7.05 Å². The summed E-state index contributed by atoms with van der Waals surface area (Å²) >= 11 is 0. The molecule has 0 aromatic rings. The molecule has 3 heteroatoms. The fourth-order valence-electron chi connectivity index (χ4n) is 1.06. The third-order valence-electron chi connectivity index (χ3n) is 1.54. The fraction of sp³-hybridized carbons (Fsp3) is 0.778. The van der Waals surface area contributed by atoms with E-state index in [1.165, 1.54) is 6.21 Å². The second-order valence-electron chi connectivity index (χ2n) is 2.71. The van der Waals surface area contributed by atoms with E-state index in [9.17, 15) is 4.79 Å². The van der Waals surface area contributed by atoms with E-state index in [0.29, 0.717) is 0 Å². The first-order valence-electron chi connectivity index (χ1n) is 4.47. The molecule has 0 fully saturated rings. The molecule has 0 aromatic carbocycles. The molecular weight excluding hydrogens is 152 g/mol. The molecule has 0 atom stereocenters. The van der Waals surface area contributed by atoms with Gasteiger partial charge in [0.1, 0.15) is 0 Å². The van der Waals surface area contributed by atoms with Gasteiger partial charge in [-0.15, -0.1) is 0 Å². The number of hydrogen-bond donors (Lipinski definition) is 0. The van der Waals surface area contributed by atoms with Crippen molar-refractivity contribution in [2.24, 2.45) is 4.99 Å². The lowest BCUT2D eigenvalue weighted by atomic mass is 10.3. The van der Waals surface area contributed by atoms with Gasteiger partial charge >= 0.3 is 0 Å². The van der Waals surface area contributed by atoms with E-state index in [1.807, 2.05) is 4.90 Å². The molecule has 0 rings (SSSR count). The fourth-order valence-corrected chi connectivity index (χ4v) is 1.06. The van der Waals surface area contributed by atoms with E-state index in [-0.39, 0.29) is 5.91 Å². The number of rotatable bonds is 5. The molecule has 12 heavy (non-hydrogen) atoms. The minimum Gasteiger partial charge on any atom is -0.338 e. The molecule has 0 aliphatic rings. The summed E-state index contributed by atoms with van der Waals surface area (Å²) in [6.45, 7) is 5.80. The van der Waals surface area contributed by atoms with Crippen molar-refractivity contribution in [3.63, 3.8) is 0 Å². The second-order valence-corrected chi connectivity index (χ2v) is 2.71. The van der Waals surface area contributed by atoms with Gasteiger partial charge < -0.3 is 4.90 Å². The van der Waals surface area contributed by atoms with Crippen LogP contribution in [0.25, 0.3) is 0 Å². The molecule has 0 aliphatic heterocycles. The van der Waals surface area contributed by atoms with Crippen molar-refractivity contribution in [1.82, 2.24) is 4.90 Å². The van der Waals surface area contributed by atoms with Crippen molar-refractivity contribution in [2.45, 2.75) is 26.7 Å². The van der Waals surface area contributed by atoms with Crippen LogP contribution in [0.5, 0.6) is 0 Å². The molecular formula is C9H18N2O. The van der Waals surface area contributed by atoms with E-state index in [0.717, 1.165) is 25.9 Å². The number of aliphatic imine (C=N–C) groups is 1. The molecule has 0 aliphatic carbocycles. The number of nitrogens with zero attached hydrogens (tertiary/aromatic N) is 2. The van der Waals surface area contributed by atoms with E-state index >= 15 is 0 Å². The quantitative estimate of drug-likeness (QED) is 0.573. The molecule has 0 N–H and O–H groups in total. The number of amides is 1. The Morgan fingerprint density at radius 2 is 1.83 bits per heavy atom. The first-order valence-corrected chi connectivity index (χ1v) is 4.47.